The summed E-state index contributed by atoms with van der Waals surface area (Å²) in [6.45, 7) is 2.54. The van der Waals surface area contributed by atoms with E-state index in [2.05, 4.69) is 11.2 Å². The summed E-state index contributed by atoms with van der Waals surface area (Å²) in [5.74, 6) is 2.79. The number of terminal acetylenes is 1. The summed E-state index contributed by atoms with van der Waals surface area (Å²) >= 11 is 0. The number of hydrogen-bond donors (Lipinski definition) is 2. The minimum atomic E-state index is 0.170. The molecule has 13 heavy (non-hydrogen) atoms. The van der Waals surface area contributed by atoms with E-state index < -0.39 is 0 Å². The minimum Gasteiger partial charge on any atom is -0.508 e. The van der Waals surface area contributed by atoms with E-state index >= 15 is 0 Å². The highest BCUT2D eigenvalue weighted by Crippen LogP contribution is 2.17. The molecule has 0 spiro atoms. The first-order chi connectivity index (χ1) is 6.24. The molecule has 0 aromatic heterocycles. The number of benzene rings is 1. The van der Waals surface area contributed by atoms with Crippen LogP contribution in [-0.2, 0) is 0 Å². The zero-order valence-corrected chi connectivity index (χ0v) is 7.62. The van der Waals surface area contributed by atoms with Crippen LogP contribution in [0, 0.1) is 12.3 Å². The lowest BCUT2D eigenvalue weighted by molar-refractivity contribution is 0.473. The molecule has 0 amide bonds. The fourth-order valence-corrected chi connectivity index (χ4v) is 1.12. The van der Waals surface area contributed by atoms with Gasteiger partial charge in [-0.15, -0.1) is 6.42 Å². The quantitative estimate of drug-likeness (QED) is 0.685. The monoisotopic (exact) mass is 175 g/mol. The van der Waals surface area contributed by atoms with Crippen molar-refractivity contribution >= 4 is 0 Å². The molecule has 1 aromatic rings. The van der Waals surface area contributed by atoms with Crippen LogP contribution in [0.2, 0.25) is 0 Å². The maximum atomic E-state index is 9.22. The average Bonchev–Trinajstić information content (AvgIpc) is 2.14. The van der Waals surface area contributed by atoms with Crippen LogP contribution in [0.1, 0.15) is 18.5 Å². The first-order valence-corrected chi connectivity index (χ1v) is 4.20. The molecule has 2 N–H and O–H groups in total. The van der Waals surface area contributed by atoms with E-state index in [0.29, 0.717) is 6.54 Å². The van der Waals surface area contributed by atoms with E-state index in [0.717, 1.165) is 5.56 Å². The Kier molecular flexibility index (Phi) is 3.36. The number of phenolic OH excluding ortho intramolecular Hbond substituents is 1. The molecule has 0 aliphatic carbocycles. The van der Waals surface area contributed by atoms with Gasteiger partial charge in [-0.25, -0.2) is 0 Å². The van der Waals surface area contributed by atoms with Crippen molar-refractivity contribution in [3.05, 3.63) is 29.8 Å². The largest absolute Gasteiger partial charge is 0.508 e. The third-order valence-electron chi connectivity index (χ3n) is 1.88. The van der Waals surface area contributed by atoms with Crippen molar-refractivity contribution in [2.24, 2.45) is 0 Å². The zero-order chi connectivity index (χ0) is 9.68. The molecule has 0 unspecified atom stereocenters. The van der Waals surface area contributed by atoms with Gasteiger partial charge in [-0.05, 0) is 24.6 Å². The molecule has 0 heterocycles. The standard InChI is InChI=1S/C11H13NO/c1-3-7-12-9(2)10-5-4-6-11(13)8-10/h1,4-6,8-9,12-13H,7H2,2H3/t9-/m0/s1. The van der Waals surface area contributed by atoms with Crippen LogP contribution < -0.4 is 5.32 Å². The van der Waals surface area contributed by atoms with Gasteiger partial charge in [0.05, 0.1) is 6.54 Å². The van der Waals surface area contributed by atoms with Gasteiger partial charge in [0.15, 0.2) is 0 Å². The molecule has 2 nitrogen and oxygen atoms in total. The first-order valence-electron chi connectivity index (χ1n) is 4.20. The van der Waals surface area contributed by atoms with Gasteiger partial charge in [0.25, 0.3) is 0 Å². The number of nitrogens with one attached hydrogen (secondary N) is 1. The van der Waals surface area contributed by atoms with Crippen LogP contribution in [0.3, 0.4) is 0 Å². The van der Waals surface area contributed by atoms with Gasteiger partial charge in [0.1, 0.15) is 5.75 Å². The van der Waals surface area contributed by atoms with Gasteiger partial charge in [-0.1, -0.05) is 18.1 Å². The molecule has 0 aliphatic rings. The van der Waals surface area contributed by atoms with Crippen molar-refractivity contribution in [1.82, 2.24) is 5.32 Å². The summed E-state index contributed by atoms with van der Waals surface area (Å²) in [5.41, 5.74) is 1.04. The maximum Gasteiger partial charge on any atom is 0.115 e. The fraction of sp³-hybridized carbons (Fsp3) is 0.273. The molecule has 0 saturated heterocycles. The Hall–Kier alpha value is -1.46. The highest BCUT2D eigenvalue weighted by molar-refractivity contribution is 5.29. The van der Waals surface area contributed by atoms with Crippen LogP contribution in [0.25, 0.3) is 0 Å². The SMILES string of the molecule is C#CCN[C@@H](C)c1cccc(O)c1. The Balaban J connectivity index is 2.66. The lowest BCUT2D eigenvalue weighted by atomic mass is 10.1. The van der Waals surface area contributed by atoms with Gasteiger partial charge < -0.3 is 5.11 Å². The third kappa shape index (κ3) is 2.81. The molecular weight excluding hydrogens is 162 g/mol. The summed E-state index contributed by atoms with van der Waals surface area (Å²) in [6.07, 6.45) is 5.12. The molecule has 0 fully saturated rings. The Labute approximate surface area is 78.6 Å². The van der Waals surface area contributed by atoms with Gasteiger partial charge in [0, 0.05) is 6.04 Å². The lowest BCUT2D eigenvalue weighted by Crippen LogP contribution is -2.18. The van der Waals surface area contributed by atoms with Crippen LogP contribution in [-0.4, -0.2) is 11.7 Å². The Morgan fingerprint density at radius 2 is 2.38 bits per heavy atom. The summed E-state index contributed by atoms with van der Waals surface area (Å²) in [7, 11) is 0. The van der Waals surface area contributed by atoms with Gasteiger partial charge in [-0.2, -0.15) is 0 Å². The molecular formula is C11H13NO. The topological polar surface area (TPSA) is 32.3 Å². The average molecular weight is 175 g/mol. The second-order valence-electron chi connectivity index (χ2n) is 2.90. The van der Waals surface area contributed by atoms with Crippen molar-refractivity contribution in [2.45, 2.75) is 13.0 Å². The second kappa shape index (κ2) is 4.54. The number of rotatable bonds is 3. The molecule has 68 valence electrons. The normalized spacial score (nSPS) is 12.0. The molecule has 2 heteroatoms. The van der Waals surface area contributed by atoms with Gasteiger partial charge in [0.2, 0.25) is 0 Å². The van der Waals surface area contributed by atoms with Crippen LogP contribution in [0.15, 0.2) is 24.3 Å². The molecule has 1 atom stereocenters. The molecule has 1 aromatic carbocycles. The second-order valence-corrected chi connectivity index (χ2v) is 2.90. The summed E-state index contributed by atoms with van der Waals surface area (Å²) in [5, 5.41) is 12.3. The lowest BCUT2D eigenvalue weighted by Gasteiger charge is -2.11. The van der Waals surface area contributed by atoms with Crippen molar-refractivity contribution in [3.63, 3.8) is 0 Å². The van der Waals surface area contributed by atoms with Crippen molar-refractivity contribution in [3.8, 4) is 18.1 Å². The number of phenols is 1. The van der Waals surface area contributed by atoms with E-state index in [4.69, 9.17) is 6.42 Å². The summed E-state index contributed by atoms with van der Waals surface area (Å²) < 4.78 is 0. The van der Waals surface area contributed by atoms with E-state index in [1.165, 1.54) is 0 Å². The molecule has 0 aliphatic heterocycles. The molecule has 1 rings (SSSR count). The Morgan fingerprint density at radius 3 is 3.00 bits per heavy atom. The zero-order valence-electron chi connectivity index (χ0n) is 7.62. The van der Waals surface area contributed by atoms with Crippen LogP contribution >= 0.6 is 0 Å². The van der Waals surface area contributed by atoms with E-state index in [1.807, 2.05) is 19.1 Å². The molecule has 0 bridgehead atoms. The van der Waals surface area contributed by atoms with Gasteiger partial charge in [-0.3, -0.25) is 5.32 Å². The fourth-order valence-electron chi connectivity index (χ4n) is 1.12. The van der Waals surface area contributed by atoms with E-state index in [1.54, 1.807) is 12.1 Å². The predicted octanol–water partition coefficient (Wildman–Crippen LogP) is 1.68. The number of hydrogen-bond acceptors (Lipinski definition) is 2. The van der Waals surface area contributed by atoms with Gasteiger partial charge >= 0.3 is 0 Å². The maximum absolute atomic E-state index is 9.22. The summed E-state index contributed by atoms with van der Waals surface area (Å²) in [4.78, 5) is 0. The van der Waals surface area contributed by atoms with Crippen LogP contribution in [0.5, 0.6) is 5.75 Å². The predicted molar refractivity (Wildman–Crippen MR) is 53.4 cm³/mol. The van der Waals surface area contributed by atoms with Crippen molar-refractivity contribution in [1.29, 1.82) is 0 Å². The summed E-state index contributed by atoms with van der Waals surface area (Å²) in [6, 6.07) is 7.32. The Morgan fingerprint density at radius 1 is 1.62 bits per heavy atom. The number of aromatic hydroxyl groups is 1. The Bertz CT molecular complexity index is 314. The van der Waals surface area contributed by atoms with Crippen LogP contribution in [0.4, 0.5) is 0 Å². The molecule has 0 radical (unpaired) electrons. The van der Waals surface area contributed by atoms with E-state index in [-0.39, 0.29) is 11.8 Å². The highest BCUT2D eigenvalue weighted by Gasteiger charge is 2.03. The molecule has 0 saturated carbocycles. The van der Waals surface area contributed by atoms with E-state index in [9.17, 15) is 5.11 Å². The minimum absolute atomic E-state index is 0.170. The van der Waals surface area contributed by atoms with Crippen molar-refractivity contribution in [2.75, 3.05) is 6.54 Å². The highest BCUT2D eigenvalue weighted by atomic mass is 16.3. The third-order valence-corrected chi connectivity index (χ3v) is 1.88. The van der Waals surface area contributed by atoms with Crippen molar-refractivity contribution < 1.29 is 5.11 Å². The smallest absolute Gasteiger partial charge is 0.115 e. The first kappa shape index (κ1) is 9.63.